The lowest BCUT2D eigenvalue weighted by Crippen LogP contribution is -2.02. The second-order valence-corrected chi connectivity index (χ2v) is 5.15. The Hall–Kier alpha value is -1.58. The van der Waals surface area contributed by atoms with Gasteiger partial charge in [0.15, 0.2) is 0 Å². The fourth-order valence-electron chi connectivity index (χ4n) is 1.94. The molecule has 4 heteroatoms. The van der Waals surface area contributed by atoms with Crippen LogP contribution in [0.3, 0.4) is 0 Å². The van der Waals surface area contributed by atoms with Crippen LogP contribution in [0.2, 0.25) is 5.02 Å². The first-order valence-corrected chi connectivity index (χ1v) is 6.70. The third kappa shape index (κ3) is 3.50. The van der Waals surface area contributed by atoms with Crippen LogP contribution in [0.1, 0.15) is 29.7 Å². The van der Waals surface area contributed by atoms with Gasteiger partial charge in [-0.15, -0.1) is 0 Å². The quantitative estimate of drug-likeness (QED) is 0.904. The van der Waals surface area contributed by atoms with Crippen LogP contribution in [-0.4, -0.2) is 5.11 Å². The van der Waals surface area contributed by atoms with Crippen molar-refractivity contribution >= 4 is 11.6 Å². The number of benzene rings is 2. The number of aliphatic hydroxyl groups excluding tert-OH is 1. The van der Waals surface area contributed by atoms with E-state index in [-0.39, 0.29) is 12.4 Å². The Bertz CT molecular complexity index is 611. The summed E-state index contributed by atoms with van der Waals surface area (Å²) in [6.07, 6.45) is -0.632. The Kier molecular flexibility index (Phi) is 4.63. The van der Waals surface area contributed by atoms with E-state index in [0.717, 1.165) is 5.56 Å². The Morgan fingerprint density at radius 2 is 2.00 bits per heavy atom. The summed E-state index contributed by atoms with van der Waals surface area (Å²) in [7, 11) is 0. The van der Waals surface area contributed by atoms with Gasteiger partial charge in [0.1, 0.15) is 18.2 Å². The van der Waals surface area contributed by atoms with Crippen LogP contribution >= 0.6 is 11.6 Å². The van der Waals surface area contributed by atoms with Crippen molar-refractivity contribution in [2.24, 2.45) is 0 Å². The van der Waals surface area contributed by atoms with Gasteiger partial charge in [-0.2, -0.15) is 0 Å². The average molecular weight is 295 g/mol. The normalized spacial score (nSPS) is 12.2. The van der Waals surface area contributed by atoms with Gasteiger partial charge in [0, 0.05) is 16.1 Å². The summed E-state index contributed by atoms with van der Waals surface area (Å²) in [5.74, 6) is 0.221. The molecule has 0 aliphatic rings. The Balaban J connectivity index is 2.20. The molecule has 20 heavy (non-hydrogen) atoms. The van der Waals surface area contributed by atoms with Gasteiger partial charge in [-0.25, -0.2) is 4.39 Å². The van der Waals surface area contributed by atoms with Gasteiger partial charge in [0.25, 0.3) is 0 Å². The molecule has 1 N–H and O–H groups in total. The smallest absolute Gasteiger partial charge is 0.125 e. The summed E-state index contributed by atoms with van der Waals surface area (Å²) in [6.45, 7) is 3.77. The zero-order valence-corrected chi connectivity index (χ0v) is 12.1. The molecule has 0 aliphatic heterocycles. The van der Waals surface area contributed by atoms with Gasteiger partial charge >= 0.3 is 0 Å². The predicted octanol–water partition coefficient (Wildman–Crippen LogP) is 4.42. The zero-order chi connectivity index (χ0) is 14.7. The van der Waals surface area contributed by atoms with Gasteiger partial charge in [-0.05, 0) is 44.2 Å². The van der Waals surface area contributed by atoms with Crippen molar-refractivity contribution in [2.45, 2.75) is 26.6 Å². The second kappa shape index (κ2) is 6.25. The second-order valence-electron chi connectivity index (χ2n) is 4.74. The molecular weight excluding hydrogens is 279 g/mol. The molecule has 0 aromatic heterocycles. The highest BCUT2D eigenvalue weighted by Gasteiger charge is 2.11. The van der Waals surface area contributed by atoms with E-state index < -0.39 is 6.10 Å². The molecule has 2 aromatic carbocycles. The maximum atomic E-state index is 13.2. The Labute approximate surface area is 122 Å². The SMILES string of the molecule is Cc1ccc(OCc2cc(F)ccc2Cl)c([C@@H](C)O)c1. The van der Waals surface area contributed by atoms with E-state index in [1.165, 1.54) is 18.2 Å². The topological polar surface area (TPSA) is 29.5 Å². The highest BCUT2D eigenvalue weighted by molar-refractivity contribution is 6.31. The minimum atomic E-state index is -0.632. The van der Waals surface area contributed by atoms with Crippen LogP contribution in [0.4, 0.5) is 4.39 Å². The number of halogens is 2. The van der Waals surface area contributed by atoms with Crippen LogP contribution < -0.4 is 4.74 Å². The van der Waals surface area contributed by atoms with Crippen LogP contribution in [0.15, 0.2) is 36.4 Å². The molecule has 0 saturated heterocycles. The lowest BCUT2D eigenvalue weighted by Gasteiger charge is -2.15. The van der Waals surface area contributed by atoms with E-state index in [2.05, 4.69) is 0 Å². The van der Waals surface area contributed by atoms with E-state index in [9.17, 15) is 9.50 Å². The Morgan fingerprint density at radius 1 is 1.25 bits per heavy atom. The summed E-state index contributed by atoms with van der Waals surface area (Å²) in [6, 6.07) is 9.71. The maximum Gasteiger partial charge on any atom is 0.125 e. The highest BCUT2D eigenvalue weighted by Crippen LogP contribution is 2.28. The molecule has 0 bridgehead atoms. The molecule has 2 aromatic rings. The van der Waals surface area contributed by atoms with Crippen molar-refractivity contribution in [2.75, 3.05) is 0 Å². The van der Waals surface area contributed by atoms with Crippen molar-refractivity contribution in [1.29, 1.82) is 0 Å². The van der Waals surface area contributed by atoms with Gasteiger partial charge < -0.3 is 9.84 Å². The number of rotatable bonds is 4. The fourth-order valence-corrected chi connectivity index (χ4v) is 2.11. The van der Waals surface area contributed by atoms with Gasteiger partial charge in [-0.3, -0.25) is 0 Å². The van der Waals surface area contributed by atoms with Crippen molar-refractivity contribution in [3.05, 3.63) is 63.9 Å². The van der Waals surface area contributed by atoms with E-state index in [0.29, 0.717) is 21.9 Å². The van der Waals surface area contributed by atoms with Gasteiger partial charge in [-0.1, -0.05) is 23.2 Å². The first-order valence-electron chi connectivity index (χ1n) is 6.32. The van der Waals surface area contributed by atoms with Crippen LogP contribution in [0, 0.1) is 12.7 Å². The molecule has 0 unspecified atom stereocenters. The zero-order valence-electron chi connectivity index (χ0n) is 11.4. The number of ether oxygens (including phenoxy) is 1. The number of hydrogen-bond acceptors (Lipinski definition) is 2. The average Bonchev–Trinajstić information content (AvgIpc) is 2.40. The van der Waals surface area contributed by atoms with Crippen LogP contribution in [0.25, 0.3) is 0 Å². The molecule has 0 heterocycles. The fraction of sp³-hybridized carbons (Fsp3) is 0.250. The van der Waals surface area contributed by atoms with E-state index in [4.69, 9.17) is 16.3 Å². The van der Waals surface area contributed by atoms with E-state index in [1.807, 2.05) is 19.1 Å². The monoisotopic (exact) mass is 294 g/mol. The van der Waals surface area contributed by atoms with Crippen molar-refractivity contribution < 1.29 is 14.2 Å². The number of aliphatic hydroxyl groups is 1. The van der Waals surface area contributed by atoms with Crippen LogP contribution in [0.5, 0.6) is 5.75 Å². The van der Waals surface area contributed by atoms with E-state index in [1.54, 1.807) is 13.0 Å². The third-order valence-corrected chi connectivity index (χ3v) is 3.38. The molecule has 0 spiro atoms. The van der Waals surface area contributed by atoms with E-state index >= 15 is 0 Å². The first kappa shape index (κ1) is 14.8. The summed E-state index contributed by atoms with van der Waals surface area (Å²) in [5, 5.41) is 10.2. The molecule has 106 valence electrons. The number of hydrogen-bond donors (Lipinski definition) is 1. The van der Waals surface area contributed by atoms with Crippen molar-refractivity contribution in [3.63, 3.8) is 0 Å². The predicted molar refractivity (Wildman–Crippen MR) is 77.6 cm³/mol. The lowest BCUT2D eigenvalue weighted by atomic mass is 10.1. The molecule has 0 fully saturated rings. The summed E-state index contributed by atoms with van der Waals surface area (Å²) >= 11 is 5.99. The summed E-state index contributed by atoms with van der Waals surface area (Å²) in [4.78, 5) is 0. The van der Waals surface area contributed by atoms with Gasteiger partial charge in [0.2, 0.25) is 0 Å². The third-order valence-electron chi connectivity index (χ3n) is 3.01. The first-order chi connectivity index (χ1) is 9.47. The standard InChI is InChI=1S/C16H16ClFO2/c1-10-3-6-16(14(7-10)11(2)19)20-9-12-8-13(18)4-5-15(12)17/h3-8,11,19H,9H2,1-2H3/t11-/m1/s1. The summed E-state index contributed by atoms with van der Waals surface area (Å²) in [5.41, 5.74) is 2.32. The molecule has 2 rings (SSSR count). The Morgan fingerprint density at radius 3 is 2.70 bits per heavy atom. The minimum absolute atomic E-state index is 0.152. The van der Waals surface area contributed by atoms with Crippen molar-refractivity contribution in [3.8, 4) is 5.75 Å². The largest absolute Gasteiger partial charge is 0.488 e. The molecular formula is C16H16ClFO2. The summed E-state index contributed by atoms with van der Waals surface area (Å²) < 4.78 is 18.8. The molecule has 0 amide bonds. The minimum Gasteiger partial charge on any atom is -0.488 e. The van der Waals surface area contributed by atoms with Crippen LogP contribution in [-0.2, 0) is 6.61 Å². The van der Waals surface area contributed by atoms with Gasteiger partial charge in [0.05, 0.1) is 6.10 Å². The number of aryl methyl sites for hydroxylation is 1. The van der Waals surface area contributed by atoms with Crippen molar-refractivity contribution in [1.82, 2.24) is 0 Å². The molecule has 0 aliphatic carbocycles. The highest BCUT2D eigenvalue weighted by atomic mass is 35.5. The molecule has 0 radical (unpaired) electrons. The maximum absolute atomic E-state index is 13.2. The molecule has 2 nitrogen and oxygen atoms in total. The molecule has 0 saturated carbocycles. The molecule has 1 atom stereocenters. The lowest BCUT2D eigenvalue weighted by molar-refractivity contribution is 0.190.